The molecule has 0 aromatic heterocycles. The molecule has 0 amide bonds. The lowest BCUT2D eigenvalue weighted by atomic mass is 9.82. The van der Waals surface area contributed by atoms with Crippen molar-refractivity contribution in [1.82, 2.24) is 0 Å². The molecule has 14 heavy (non-hydrogen) atoms. The van der Waals surface area contributed by atoms with Crippen LogP contribution in [0.25, 0.3) is 0 Å². The Morgan fingerprint density at radius 3 is 2.79 bits per heavy atom. The van der Waals surface area contributed by atoms with Crippen molar-refractivity contribution in [2.24, 2.45) is 5.41 Å². The molecule has 82 valence electrons. The Balaban J connectivity index is 2.77. The van der Waals surface area contributed by atoms with E-state index in [0.29, 0.717) is 19.6 Å². The smallest absolute Gasteiger partial charge is 0.0905 e. The van der Waals surface area contributed by atoms with Crippen LogP contribution in [0.2, 0.25) is 0 Å². The van der Waals surface area contributed by atoms with Gasteiger partial charge in [0.25, 0.3) is 0 Å². The van der Waals surface area contributed by atoms with Crippen LogP contribution in [0.1, 0.15) is 20.3 Å². The molecule has 0 spiro atoms. The molecule has 1 saturated heterocycles. The summed E-state index contributed by atoms with van der Waals surface area (Å²) in [6.07, 6.45) is -0.118. The Kier molecular flexibility index (Phi) is 3.70. The fourth-order valence-electron chi connectivity index (χ4n) is 2.00. The highest BCUT2D eigenvalue weighted by Crippen LogP contribution is 2.30. The second-order valence-corrected chi connectivity index (χ2v) is 4.66. The lowest BCUT2D eigenvalue weighted by Crippen LogP contribution is -2.45. The predicted molar refractivity (Wildman–Crippen MR) is 55.2 cm³/mol. The van der Waals surface area contributed by atoms with Crippen molar-refractivity contribution in [2.45, 2.75) is 32.5 Å². The van der Waals surface area contributed by atoms with E-state index in [-0.39, 0.29) is 11.5 Å². The van der Waals surface area contributed by atoms with Gasteiger partial charge in [-0.25, -0.2) is 0 Å². The summed E-state index contributed by atoms with van der Waals surface area (Å²) < 4.78 is 10.8. The Morgan fingerprint density at radius 2 is 2.21 bits per heavy atom. The van der Waals surface area contributed by atoms with E-state index < -0.39 is 6.10 Å². The van der Waals surface area contributed by atoms with Crippen molar-refractivity contribution >= 4 is 0 Å². The molecule has 0 radical (unpaired) electrons. The van der Waals surface area contributed by atoms with Crippen LogP contribution in [0.5, 0.6) is 0 Å². The molecule has 1 rings (SSSR count). The molecule has 3 nitrogen and oxygen atoms in total. The first kappa shape index (κ1) is 11.7. The molecule has 0 aromatic carbocycles. The Morgan fingerprint density at radius 1 is 1.57 bits per heavy atom. The van der Waals surface area contributed by atoms with E-state index in [1.165, 1.54) is 0 Å². The highest BCUT2D eigenvalue weighted by Gasteiger charge is 2.37. The monoisotopic (exact) mass is 200 g/mol. The standard InChI is InChI=1S/C11H20O3/c1-8-5-9(12)10(13-4)11(2,3)7-14-6-8/h9-10,12H,1,5-7H2,2-4H3. The van der Waals surface area contributed by atoms with Crippen LogP contribution in [0.15, 0.2) is 12.2 Å². The molecule has 0 aromatic rings. The van der Waals surface area contributed by atoms with Crippen LogP contribution in [0.3, 0.4) is 0 Å². The maximum atomic E-state index is 9.94. The van der Waals surface area contributed by atoms with Gasteiger partial charge in [-0.1, -0.05) is 20.4 Å². The van der Waals surface area contributed by atoms with E-state index in [4.69, 9.17) is 9.47 Å². The fraction of sp³-hybridized carbons (Fsp3) is 0.818. The average molecular weight is 200 g/mol. The molecule has 0 saturated carbocycles. The maximum absolute atomic E-state index is 9.94. The van der Waals surface area contributed by atoms with Crippen LogP contribution in [-0.2, 0) is 9.47 Å². The van der Waals surface area contributed by atoms with Crippen molar-refractivity contribution < 1.29 is 14.6 Å². The summed E-state index contributed by atoms with van der Waals surface area (Å²) in [5, 5.41) is 9.94. The second-order valence-electron chi connectivity index (χ2n) is 4.66. The van der Waals surface area contributed by atoms with E-state index in [1.54, 1.807) is 7.11 Å². The Labute approximate surface area is 85.7 Å². The summed E-state index contributed by atoms with van der Waals surface area (Å²) in [6, 6.07) is 0. The third-order valence-corrected chi connectivity index (χ3v) is 2.65. The number of aliphatic hydroxyl groups is 1. The molecular formula is C11H20O3. The summed E-state index contributed by atoms with van der Waals surface area (Å²) in [6.45, 7) is 9.05. The first-order valence-electron chi connectivity index (χ1n) is 4.92. The molecule has 1 aliphatic heterocycles. The third-order valence-electron chi connectivity index (χ3n) is 2.65. The van der Waals surface area contributed by atoms with Gasteiger partial charge in [0.15, 0.2) is 0 Å². The van der Waals surface area contributed by atoms with Crippen molar-refractivity contribution in [3.8, 4) is 0 Å². The van der Waals surface area contributed by atoms with Gasteiger partial charge in [0.05, 0.1) is 25.4 Å². The molecule has 0 bridgehead atoms. The van der Waals surface area contributed by atoms with Gasteiger partial charge in [-0.15, -0.1) is 0 Å². The zero-order valence-corrected chi connectivity index (χ0v) is 9.25. The lowest BCUT2D eigenvalue weighted by molar-refractivity contribution is -0.110. The first-order valence-corrected chi connectivity index (χ1v) is 4.92. The average Bonchev–Trinajstić information content (AvgIpc) is 2.01. The number of aliphatic hydroxyl groups excluding tert-OH is 1. The van der Waals surface area contributed by atoms with E-state index in [0.717, 1.165) is 5.57 Å². The topological polar surface area (TPSA) is 38.7 Å². The molecule has 1 aliphatic rings. The third kappa shape index (κ3) is 2.56. The largest absolute Gasteiger partial charge is 0.390 e. The van der Waals surface area contributed by atoms with E-state index >= 15 is 0 Å². The fourth-order valence-corrected chi connectivity index (χ4v) is 2.00. The quantitative estimate of drug-likeness (QED) is 0.650. The number of methoxy groups -OCH3 is 1. The van der Waals surface area contributed by atoms with Gasteiger partial charge in [-0.3, -0.25) is 0 Å². The minimum Gasteiger partial charge on any atom is -0.390 e. The van der Waals surface area contributed by atoms with Gasteiger partial charge < -0.3 is 14.6 Å². The lowest BCUT2D eigenvalue weighted by Gasteiger charge is -2.38. The van der Waals surface area contributed by atoms with Gasteiger partial charge in [0.1, 0.15) is 0 Å². The van der Waals surface area contributed by atoms with Crippen molar-refractivity contribution in [2.75, 3.05) is 20.3 Å². The molecular weight excluding hydrogens is 180 g/mol. The SMILES string of the molecule is C=C1COCC(C)(C)C(OC)C(O)C1. The summed E-state index contributed by atoms with van der Waals surface area (Å²) >= 11 is 0. The van der Waals surface area contributed by atoms with Crippen LogP contribution in [0, 0.1) is 5.41 Å². The Hall–Kier alpha value is -0.380. The first-order chi connectivity index (χ1) is 6.47. The van der Waals surface area contributed by atoms with Crippen LogP contribution in [0.4, 0.5) is 0 Å². The summed E-state index contributed by atoms with van der Waals surface area (Å²) in [4.78, 5) is 0. The minimum absolute atomic E-state index is 0.158. The van der Waals surface area contributed by atoms with Crippen molar-refractivity contribution in [3.63, 3.8) is 0 Å². The zero-order valence-electron chi connectivity index (χ0n) is 9.25. The van der Waals surface area contributed by atoms with Gasteiger partial charge >= 0.3 is 0 Å². The van der Waals surface area contributed by atoms with Crippen LogP contribution in [-0.4, -0.2) is 37.6 Å². The predicted octanol–water partition coefficient (Wildman–Crippen LogP) is 1.36. The molecule has 2 atom stereocenters. The van der Waals surface area contributed by atoms with Gasteiger partial charge in [0.2, 0.25) is 0 Å². The summed E-state index contributed by atoms with van der Waals surface area (Å²) in [5.41, 5.74) is 0.768. The molecule has 3 heteroatoms. The molecule has 1 fully saturated rings. The van der Waals surface area contributed by atoms with E-state index in [1.807, 2.05) is 13.8 Å². The zero-order chi connectivity index (χ0) is 10.8. The molecule has 0 aliphatic carbocycles. The molecule has 2 unspecified atom stereocenters. The summed E-state index contributed by atoms with van der Waals surface area (Å²) in [5.74, 6) is 0. The van der Waals surface area contributed by atoms with Gasteiger partial charge in [0, 0.05) is 12.5 Å². The van der Waals surface area contributed by atoms with Gasteiger partial charge in [-0.05, 0) is 12.0 Å². The molecule has 1 heterocycles. The number of hydrogen-bond acceptors (Lipinski definition) is 3. The minimum atomic E-state index is -0.480. The van der Waals surface area contributed by atoms with Gasteiger partial charge in [-0.2, -0.15) is 0 Å². The second kappa shape index (κ2) is 4.43. The number of ether oxygens (including phenoxy) is 2. The number of rotatable bonds is 1. The van der Waals surface area contributed by atoms with E-state index in [9.17, 15) is 5.11 Å². The highest BCUT2D eigenvalue weighted by molar-refractivity contribution is 5.01. The number of hydrogen-bond donors (Lipinski definition) is 1. The van der Waals surface area contributed by atoms with Crippen LogP contribution >= 0.6 is 0 Å². The van der Waals surface area contributed by atoms with E-state index in [2.05, 4.69) is 6.58 Å². The normalized spacial score (nSPS) is 33.6. The van der Waals surface area contributed by atoms with Crippen molar-refractivity contribution in [1.29, 1.82) is 0 Å². The Bertz CT molecular complexity index is 211. The maximum Gasteiger partial charge on any atom is 0.0905 e. The van der Waals surface area contributed by atoms with Crippen molar-refractivity contribution in [3.05, 3.63) is 12.2 Å². The van der Waals surface area contributed by atoms with Crippen LogP contribution < -0.4 is 0 Å². The summed E-state index contributed by atoms with van der Waals surface area (Å²) in [7, 11) is 1.63. The highest BCUT2D eigenvalue weighted by atomic mass is 16.5. The molecule has 1 N–H and O–H groups in total.